The Morgan fingerprint density at radius 2 is 2.32 bits per heavy atom. The molecule has 2 aromatic rings. The van der Waals surface area contributed by atoms with E-state index in [0.717, 1.165) is 41.8 Å². The minimum Gasteiger partial charge on any atom is -0.394 e. The van der Waals surface area contributed by atoms with E-state index in [0.29, 0.717) is 0 Å². The molecule has 4 nitrogen and oxygen atoms in total. The largest absolute Gasteiger partial charge is 0.394 e. The van der Waals surface area contributed by atoms with Crippen LogP contribution in [0, 0.1) is 6.92 Å². The van der Waals surface area contributed by atoms with Crippen molar-refractivity contribution in [3.8, 4) is 0 Å². The first-order chi connectivity index (χ1) is 9.19. The van der Waals surface area contributed by atoms with Crippen LogP contribution in [0.1, 0.15) is 24.1 Å². The summed E-state index contributed by atoms with van der Waals surface area (Å²) in [7, 11) is 0. The summed E-state index contributed by atoms with van der Waals surface area (Å²) in [5.74, 6) is 0.873. The fraction of sp³-hybridized carbons (Fsp3) is 0.538. The van der Waals surface area contributed by atoms with Crippen LogP contribution >= 0.6 is 22.9 Å². The maximum atomic E-state index is 9.55. The highest BCUT2D eigenvalue weighted by atomic mass is 35.5. The molecule has 3 rings (SSSR count). The molecule has 0 radical (unpaired) electrons. The van der Waals surface area contributed by atoms with Gasteiger partial charge in [-0.3, -0.25) is 0 Å². The SMILES string of the molecule is Cc1cc2c(N3CCCCC3CO)nc(Cl)nc2s1. The van der Waals surface area contributed by atoms with Crippen molar-refractivity contribution in [1.82, 2.24) is 9.97 Å². The molecule has 102 valence electrons. The van der Waals surface area contributed by atoms with Gasteiger partial charge in [0.2, 0.25) is 5.28 Å². The van der Waals surface area contributed by atoms with Crippen molar-refractivity contribution in [2.24, 2.45) is 0 Å². The summed E-state index contributed by atoms with van der Waals surface area (Å²) in [6.07, 6.45) is 3.29. The maximum Gasteiger partial charge on any atom is 0.225 e. The summed E-state index contributed by atoms with van der Waals surface area (Å²) in [4.78, 5) is 13.0. The van der Waals surface area contributed by atoms with Crippen molar-refractivity contribution in [1.29, 1.82) is 0 Å². The molecule has 1 aliphatic rings. The zero-order valence-corrected chi connectivity index (χ0v) is 12.3. The van der Waals surface area contributed by atoms with Gasteiger partial charge >= 0.3 is 0 Å². The molecule has 6 heteroatoms. The van der Waals surface area contributed by atoms with Crippen LogP contribution in [0.5, 0.6) is 0 Å². The van der Waals surface area contributed by atoms with E-state index < -0.39 is 0 Å². The Morgan fingerprint density at radius 3 is 3.11 bits per heavy atom. The molecule has 0 spiro atoms. The van der Waals surface area contributed by atoms with E-state index in [-0.39, 0.29) is 17.9 Å². The first-order valence-electron chi connectivity index (χ1n) is 6.50. The molecule has 1 fully saturated rings. The number of rotatable bonds is 2. The molecule has 19 heavy (non-hydrogen) atoms. The van der Waals surface area contributed by atoms with Crippen molar-refractivity contribution in [3.63, 3.8) is 0 Å². The smallest absolute Gasteiger partial charge is 0.225 e. The van der Waals surface area contributed by atoms with E-state index in [1.807, 2.05) is 0 Å². The van der Waals surface area contributed by atoms with Crippen LogP contribution in [0.15, 0.2) is 6.07 Å². The topological polar surface area (TPSA) is 49.2 Å². The normalized spacial score (nSPS) is 20.2. The minimum absolute atomic E-state index is 0.142. The third kappa shape index (κ3) is 2.42. The van der Waals surface area contributed by atoms with Gasteiger partial charge in [0, 0.05) is 11.4 Å². The molecule has 1 N–H and O–H groups in total. The Hall–Kier alpha value is -0.910. The zero-order valence-electron chi connectivity index (χ0n) is 10.8. The molecule has 1 aliphatic heterocycles. The number of piperidine rings is 1. The molecule has 1 atom stereocenters. The number of thiophene rings is 1. The van der Waals surface area contributed by atoms with Crippen LogP contribution in [0.25, 0.3) is 10.2 Å². The molecule has 1 unspecified atom stereocenters. The van der Waals surface area contributed by atoms with Gasteiger partial charge in [-0.1, -0.05) is 0 Å². The molecule has 0 amide bonds. The molecule has 2 aromatic heterocycles. The average Bonchev–Trinajstić information content (AvgIpc) is 2.77. The Bertz CT molecular complexity index is 601. The van der Waals surface area contributed by atoms with Crippen molar-refractivity contribution >= 4 is 39.0 Å². The number of nitrogens with zero attached hydrogens (tertiary/aromatic N) is 3. The molecule has 0 bridgehead atoms. The number of hydrogen-bond donors (Lipinski definition) is 1. The van der Waals surface area contributed by atoms with E-state index in [2.05, 4.69) is 27.9 Å². The van der Waals surface area contributed by atoms with E-state index >= 15 is 0 Å². The van der Waals surface area contributed by atoms with Gasteiger partial charge in [-0.25, -0.2) is 4.98 Å². The van der Waals surface area contributed by atoms with Gasteiger partial charge in [0.05, 0.1) is 18.0 Å². The van der Waals surface area contributed by atoms with Gasteiger partial charge in [0.1, 0.15) is 10.6 Å². The fourth-order valence-electron chi connectivity index (χ4n) is 2.69. The monoisotopic (exact) mass is 297 g/mol. The number of hydrogen-bond acceptors (Lipinski definition) is 5. The highest BCUT2D eigenvalue weighted by Crippen LogP contribution is 2.34. The first-order valence-corrected chi connectivity index (χ1v) is 7.69. The summed E-state index contributed by atoms with van der Waals surface area (Å²) in [6, 6.07) is 2.25. The average molecular weight is 298 g/mol. The number of aromatic nitrogens is 2. The lowest BCUT2D eigenvalue weighted by Crippen LogP contribution is -2.42. The van der Waals surface area contributed by atoms with Crippen molar-refractivity contribution in [2.75, 3.05) is 18.1 Å². The summed E-state index contributed by atoms with van der Waals surface area (Å²) < 4.78 is 0. The Kier molecular flexibility index (Phi) is 3.60. The highest BCUT2D eigenvalue weighted by Gasteiger charge is 2.25. The number of anilines is 1. The van der Waals surface area contributed by atoms with Crippen LogP contribution in [-0.4, -0.2) is 34.3 Å². The van der Waals surface area contributed by atoms with Gasteiger partial charge in [0.15, 0.2) is 0 Å². The van der Waals surface area contributed by atoms with Gasteiger partial charge in [0.25, 0.3) is 0 Å². The molecular formula is C13H16ClN3OS. The standard InChI is InChI=1S/C13H16ClN3OS/c1-8-6-10-11(15-13(14)16-12(10)19-8)17-5-3-2-4-9(17)7-18/h6,9,18H,2-5,7H2,1H3. The van der Waals surface area contributed by atoms with E-state index in [1.54, 1.807) is 11.3 Å². The predicted molar refractivity (Wildman–Crippen MR) is 79.2 cm³/mol. The van der Waals surface area contributed by atoms with Crippen LogP contribution in [0.3, 0.4) is 0 Å². The molecule has 0 aromatic carbocycles. The predicted octanol–water partition coefficient (Wildman–Crippen LogP) is 3.00. The van der Waals surface area contributed by atoms with Gasteiger partial charge in [-0.2, -0.15) is 4.98 Å². The third-order valence-corrected chi connectivity index (χ3v) is 4.69. The Balaban J connectivity index is 2.12. The fourth-order valence-corrected chi connectivity index (χ4v) is 3.78. The minimum atomic E-state index is 0.142. The molecule has 1 saturated heterocycles. The van der Waals surface area contributed by atoms with Crippen molar-refractivity contribution in [2.45, 2.75) is 32.2 Å². The number of aliphatic hydroxyl groups excluding tert-OH is 1. The lowest BCUT2D eigenvalue weighted by Gasteiger charge is -2.35. The Morgan fingerprint density at radius 1 is 1.47 bits per heavy atom. The van der Waals surface area contributed by atoms with E-state index in [4.69, 9.17) is 11.6 Å². The Labute approximate surface area is 121 Å². The molecule has 0 saturated carbocycles. The lowest BCUT2D eigenvalue weighted by atomic mass is 10.0. The quantitative estimate of drug-likeness (QED) is 0.866. The van der Waals surface area contributed by atoms with Gasteiger partial charge in [-0.05, 0) is 43.9 Å². The van der Waals surface area contributed by atoms with E-state index in [9.17, 15) is 5.11 Å². The third-order valence-electron chi connectivity index (χ3n) is 3.58. The number of aliphatic hydroxyl groups is 1. The van der Waals surface area contributed by atoms with Gasteiger partial charge in [-0.15, -0.1) is 11.3 Å². The molecular weight excluding hydrogens is 282 g/mol. The summed E-state index contributed by atoms with van der Waals surface area (Å²) in [5, 5.41) is 10.9. The van der Waals surface area contributed by atoms with Crippen LogP contribution in [0.2, 0.25) is 5.28 Å². The summed E-state index contributed by atoms with van der Waals surface area (Å²) in [5.41, 5.74) is 0. The van der Waals surface area contributed by atoms with Gasteiger partial charge < -0.3 is 10.0 Å². The number of aryl methyl sites for hydroxylation is 1. The second-order valence-electron chi connectivity index (χ2n) is 4.92. The van der Waals surface area contributed by atoms with Crippen molar-refractivity contribution in [3.05, 3.63) is 16.2 Å². The first kappa shape index (κ1) is 13.1. The number of fused-ring (bicyclic) bond motifs is 1. The lowest BCUT2D eigenvalue weighted by molar-refractivity contribution is 0.239. The number of halogens is 1. The molecule has 0 aliphatic carbocycles. The van der Waals surface area contributed by atoms with Crippen LogP contribution < -0.4 is 4.90 Å². The summed E-state index contributed by atoms with van der Waals surface area (Å²) >= 11 is 7.67. The van der Waals surface area contributed by atoms with Crippen LogP contribution in [-0.2, 0) is 0 Å². The molecule has 3 heterocycles. The summed E-state index contributed by atoms with van der Waals surface area (Å²) in [6.45, 7) is 3.14. The second kappa shape index (κ2) is 5.23. The van der Waals surface area contributed by atoms with Crippen LogP contribution in [0.4, 0.5) is 5.82 Å². The maximum absolute atomic E-state index is 9.55. The van der Waals surface area contributed by atoms with Crippen molar-refractivity contribution < 1.29 is 5.11 Å². The van der Waals surface area contributed by atoms with E-state index in [1.165, 1.54) is 4.88 Å². The highest BCUT2D eigenvalue weighted by molar-refractivity contribution is 7.18. The zero-order chi connectivity index (χ0) is 13.4. The second-order valence-corrected chi connectivity index (χ2v) is 6.49.